The molecule has 3 aromatic rings. The van der Waals surface area contributed by atoms with Crippen LogP contribution in [0.15, 0.2) is 47.0 Å². The molecule has 0 atom stereocenters. The largest absolute Gasteiger partial charge is 0.449 e. The Morgan fingerprint density at radius 2 is 1.69 bits per heavy atom. The van der Waals surface area contributed by atoms with Crippen molar-refractivity contribution < 1.29 is 18.8 Å². The lowest BCUT2D eigenvalue weighted by Crippen LogP contribution is -2.43. The molecule has 188 valence electrons. The summed E-state index contributed by atoms with van der Waals surface area (Å²) in [4.78, 5) is 45.2. The minimum atomic E-state index is -0.523. The van der Waals surface area contributed by atoms with Gasteiger partial charge in [0, 0.05) is 48.0 Å². The number of carbonyl (C=O) groups excluding carboxylic acids is 3. The van der Waals surface area contributed by atoms with Crippen LogP contribution < -0.4 is 10.6 Å². The molecule has 2 aromatic heterocycles. The Kier molecular flexibility index (Phi) is 7.48. The zero-order valence-corrected chi connectivity index (χ0v) is 21.2. The van der Waals surface area contributed by atoms with Crippen molar-refractivity contribution in [2.75, 3.05) is 35.2 Å². The van der Waals surface area contributed by atoms with Crippen LogP contribution in [0.1, 0.15) is 36.2 Å². The summed E-state index contributed by atoms with van der Waals surface area (Å²) in [5.41, 5.74) is 0.835. The second-order valence-electron chi connectivity index (χ2n) is 9.09. The zero-order valence-electron chi connectivity index (χ0n) is 19.7. The Labute approximate surface area is 218 Å². The third-order valence-electron chi connectivity index (χ3n) is 6.79. The SMILES string of the molecule is O=C(Nc1ccc(Cl)cn1)c1oc2ccccc2c1NC(=O)C1CCC(C(=O)N2CCSCC2)CC1. The highest BCUT2D eigenvalue weighted by molar-refractivity contribution is 7.99. The minimum Gasteiger partial charge on any atom is -0.449 e. The van der Waals surface area contributed by atoms with E-state index in [-0.39, 0.29) is 29.4 Å². The number of rotatable bonds is 5. The van der Waals surface area contributed by atoms with Gasteiger partial charge >= 0.3 is 0 Å². The number of benzene rings is 1. The van der Waals surface area contributed by atoms with Gasteiger partial charge in [0.25, 0.3) is 5.91 Å². The van der Waals surface area contributed by atoms with E-state index in [1.807, 2.05) is 22.7 Å². The molecule has 2 N–H and O–H groups in total. The standard InChI is InChI=1S/C26H27ClN4O4S/c27-18-9-10-21(28-15-18)29-25(33)23-22(19-3-1-2-4-20(19)35-23)30-24(32)16-5-7-17(8-6-16)26(34)31-11-13-36-14-12-31/h1-4,9-10,15-17H,5-8,11-14H2,(H,30,32)(H,28,29,33). The molecule has 1 saturated carbocycles. The summed E-state index contributed by atoms with van der Waals surface area (Å²) in [5.74, 6) is 1.60. The maximum Gasteiger partial charge on any atom is 0.294 e. The fourth-order valence-corrected chi connectivity index (χ4v) is 5.84. The third kappa shape index (κ3) is 5.37. The summed E-state index contributed by atoms with van der Waals surface area (Å²) < 4.78 is 5.83. The normalized spacial score (nSPS) is 20.2. The molecule has 0 spiro atoms. The summed E-state index contributed by atoms with van der Waals surface area (Å²) >= 11 is 7.76. The molecule has 1 aliphatic heterocycles. The van der Waals surface area contributed by atoms with Gasteiger partial charge in [-0.1, -0.05) is 23.7 Å². The number of para-hydroxylation sites is 1. The zero-order chi connectivity index (χ0) is 25.1. The Bertz CT molecular complexity index is 1260. The highest BCUT2D eigenvalue weighted by atomic mass is 35.5. The molecule has 0 radical (unpaired) electrons. The second-order valence-corrected chi connectivity index (χ2v) is 10.8. The van der Waals surface area contributed by atoms with E-state index in [1.54, 1.807) is 30.3 Å². The summed E-state index contributed by atoms with van der Waals surface area (Å²) in [7, 11) is 0. The number of anilines is 2. The lowest BCUT2D eigenvalue weighted by atomic mass is 9.81. The molecule has 1 aliphatic carbocycles. The van der Waals surface area contributed by atoms with Crippen LogP contribution in [0, 0.1) is 11.8 Å². The topological polar surface area (TPSA) is 105 Å². The van der Waals surface area contributed by atoms with E-state index in [9.17, 15) is 14.4 Å². The third-order valence-corrected chi connectivity index (χ3v) is 7.95. The molecule has 1 saturated heterocycles. The monoisotopic (exact) mass is 526 g/mol. The van der Waals surface area contributed by atoms with Gasteiger partial charge in [-0.25, -0.2) is 4.98 Å². The van der Waals surface area contributed by atoms with Crippen molar-refractivity contribution in [2.24, 2.45) is 11.8 Å². The first-order valence-corrected chi connectivity index (χ1v) is 13.6. The maximum absolute atomic E-state index is 13.2. The Hall–Kier alpha value is -3.04. The second kappa shape index (κ2) is 10.9. The highest BCUT2D eigenvalue weighted by Crippen LogP contribution is 2.35. The number of halogens is 1. The quantitative estimate of drug-likeness (QED) is 0.482. The van der Waals surface area contributed by atoms with Gasteiger partial charge in [-0.05, 0) is 49.9 Å². The Morgan fingerprint density at radius 1 is 0.972 bits per heavy atom. The van der Waals surface area contributed by atoms with Crippen molar-refractivity contribution in [1.29, 1.82) is 0 Å². The number of furan rings is 1. The summed E-state index contributed by atoms with van der Waals surface area (Å²) in [6, 6.07) is 10.4. The van der Waals surface area contributed by atoms with E-state index < -0.39 is 5.91 Å². The fourth-order valence-electron chi connectivity index (χ4n) is 4.82. The van der Waals surface area contributed by atoms with Crippen LogP contribution in [0.25, 0.3) is 11.0 Å². The van der Waals surface area contributed by atoms with Crippen LogP contribution in [-0.2, 0) is 9.59 Å². The van der Waals surface area contributed by atoms with Crippen molar-refractivity contribution >= 4 is 63.6 Å². The van der Waals surface area contributed by atoms with Gasteiger partial charge in [0.05, 0.1) is 5.02 Å². The molecule has 36 heavy (non-hydrogen) atoms. The summed E-state index contributed by atoms with van der Waals surface area (Å²) in [5, 5.41) is 6.74. The van der Waals surface area contributed by atoms with Crippen LogP contribution in [0.4, 0.5) is 11.5 Å². The number of hydrogen-bond acceptors (Lipinski definition) is 6. The predicted molar refractivity (Wildman–Crippen MR) is 141 cm³/mol. The van der Waals surface area contributed by atoms with Crippen LogP contribution >= 0.6 is 23.4 Å². The molecular formula is C26H27ClN4O4S. The first kappa shape index (κ1) is 24.6. The number of pyridine rings is 1. The molecule has 2 aliphatic rings. The number of fused-ring (bicyclic) bond motifs is 1. The van der Waals surface area contributed by atoms with Crippen molar-refractivity contribution in [3.8, 4) is 0 Å². The average Bonchev–Trinajstić information content (AvgIpc) is 3.28. The molecular weight excluding hydrogens is 500 g/mol. The lowest BCUT2D eigenvalue weighted by molar-refractivity contribution is -0.137. The molecule has 10 heteroatoms. The van der Waals surface area contributed by atoms with Gasteiger partial charge < -0.3 is 20.0 Å². The number of amides is 3. The number of nitrogens with one attached hydrogen (secondary N) is 2. The molecule has 1 aromatic carbocycles. The van der Waals surface area contributed by atoms with Crippen molar-refractivity contribution in [1.82, 2.24) is 9.88 Å². The van der Waals surface area contributed by atoms with Gasteiger partial charge in [-0.2, -0.15) is 11.8 Å². The average molecular weight is 527 g/mol. The molecule has 8 nitrogen and oxygen atoms in total. The summed E-state index contributed by atoms with van der Waals surface area (Å²) in [6.45, 7) is 1.63. The Morgan fingerprint density at radius 3 is 2.42 bits per heavy atom. The molecule has 5 rings (SSSR count). The first-order chi connectivity index (χ1) is 17.5. The van der Waals surface area contributed by atoms with Crippen LogP contribution in [0.3, 0.4) is 0 Å². The van der Waals surface area contributed by atoms with E-state index in [0.717, 1.165) is 24.6 Å². The predicted octanol–water partition coefficient (Wildman–Crippen LogP) is 5.05. The first-order valence-electron chi connectivity index (χ1n) is 12.1. The van der Waals surface area contributed by atoms with Gasteiger partial charge in [0.1, 0.15) is 17.1 Å². The van der Waals surface area contributed by atoms with Crippen LogP contribution in [0.5, 0.6) is 0 Å². The van der Waals surface area contributed by atoms with Gasteiger partial charge in [0.15, 0.2) is 0 Å². The lowest BCUT2D eigenvalue weighted by Gasteiger charge is -2.33. The number of hydrogen-bond donors (Lipinski definition) is 2. The van der Waals surface area contributed by atoms with E-state index in [1.165, 1.54) is 6.20 Å². The van der Waals surface area contributed by atoms with E-state index >= 15 is 0 Å². The van der Waals surface area contributed by atoms with Crippen molar-refractivity contribution in [2.45, 2.75) is 25.7 Å². The van der Waals surface area contributed by atoms with Crippen molar-refractivity contribution in [3.05, 3.63) is 53.4 Å². The number of carbonyl (C=O) groups is 3. The molecule has 3 amide bonds. The smallest absolute Gasteiger partial charge is 0.294 e. The molecule has 3 heterocycles. The Balaban J connectivity index is 1.28. The number of thioether (sulfide) groups is 1. The molecule has 0 bridgehead atoms. The summed E-state index contributed by atoms with van der Waals surface area (Å²) in [6.07, 6.45) is 4.10. The number of nitrogens with zero attached hydrogens (tertiary/aromatic N) is 2. The minimum absolute atomic E-state index is 0.00753. The van der Waals surface area contributed by atoms with Gasteiger partial charge in [-0.3, -0.25) is 14.4 Å². The van der Waals surface area contributed by atoms with E-state index in [4.69, 9.17) is 16.0 Å². The van der Waals surface area contributed by atoms with Crippen LogP contribution in [0.2, 0.25) is 5.02 Å². The molecule has 0 unspecified atom stereocenters. The molecule has 2 fully saturated rings. The number of aromatic nitrogens is 1. The van der Waals surface area contributed by atoms with Crippen molar-refractivity contribution in [3.63, 3.8) is 0 Å². The maximum atomic E-state index is 13.2. The highest BCUT2D eigenvalue weighted by Gasteiger charge is 2.33. The van der Waals surface area contributed by atoms with Gasteiger partial charge in [-0.15, -0.1) is 0 Å². The van der Waals surface area contributed by atoms with Crippen LogP contribution in [-0.4, -0.2) is 52.2 Å². The fraction of sp³-hybridized carbons (Fsp3) is 0.385. The van der Waals surface area contributed by atoms with E-state index in [0.29, 0.717) is 53.2 Å². The van der Waals surface area contributed by atoms with Gasteiger partial charge in [0.2, 0.25) is 17.6 Å². The van der Waals surface area contributed by atoms with E-state index in [2.05, 4.69) is 15.6 Å².